The van der Waals surface area contributed by atoms with E-state index in [9.17, 15) is 4.79 Å². The van der Waals surface area contributed by atoms with Crippen LogP contribution in [0, 0.1) is 11.8 Å². The molecule has 0 N–H and O–H groups in total. The summed E-state index contributed by atoms with van der Waals surface area (Å²) < 4.78 is 5.95. The van der Waals surface area contributed by atoms with E-state index >= 15 is 0 Å². The van der Waals surface area contributed by atoms with E-state index in [1.54, 1.807) is 0 Å². The number of carbonyl (C=O) groups is 1. The molecule has 0 spiro atoms. The van der Waals surface area contributed by atoms with Crippen molar-refractivity contribution in [1.82, 2.24) is 4.90 Å². The molecule has 2 atom stereocenters. The van der Waals surface area contributed by atoms with Crippen LogP contribution in [0.15, 0.2) is 72.3 Å². The van der Waals surface area contributed by atoms with Crippen molar-refractivity contribution in [3.8, 4) is 0 Å². The molecule has 3 nitrogen and oxygen atoms in total. The molecule has 2 aromatic carbocycles. The number of nitrogens with zero attached hydrogens (tertiary/aromatic N) is 1. The minimum absolute atomic E-state index is 0.300. The predicted molar refractivity (Wildman–Crippen MR) is 111 cm³/mol. The van der Waals surface area contributed by atoms with Crippen molar-refractivity contribution in [2.45, 2.75) is 38.8 Å². The molecule has 1 saturated heterocycles. The third-order valence-corrected chi connectivity index (χ3v) is 6.01. The Kier molecular flexibility index (Phi) is 6.23. The van der Waals surface area contributed by atoms with Gasteiger partial charge in [0.1, 0.15) is 0 Å². The molecule has 0 saturated carbocycles. The lowest BCUT2D eigenvalue weighted by Crippen LogP contribution is -2.34. The molecular weight excluding hydrogens is 346 g/mol. The van der Waals surface area contributed by atoms with E-state index in [0.717, 1.165) is 32.4 Å². The lowest BCUT2D eigenvalue weighted by Gasteiger charge is -2.31. The van der Waals surface area contributed by atoms with Crippen molar-refractivity contribution in [3.05, 3.63) is 83.4 Å². The summed E-state index contributed by atoms with van der Waals surface area (Å²) in [5.41, 5.74) is 3.84. The molecule has 146 valence electrons. The topological polar surface area (TPSA) is 29.5 Å². The number of ether oxygens (including phenoxy) is 1. The highest BCUT2D eigenvalue weighted by molar-refractivity contribution is 5.76. The van der Waals surface area contributed by atoms with Crippen LogP contribution in [0.25, 0.3) is 0 Å². The van der Waals surface area contributed by atoms with Crippen LogP contribution in [0.2, 0.25) is 0 Å². The summed E-state index contributed by atoms with van der Waals surface area (Å²) in [5, 5.41) is 0. The molecule has 1 aliphatic heterocycles. The number of amides is 1. The molecule has 0 aromatic heterocycles. The number of benzene rings is 2. The van der Waals surface area contributed by atoms with Gasteiger partial charge < -0.3 is 9.64 Å². The van der Waals surface area contributed by atoms with Crippen LogP contribution in [0.5, 0.6) is 0 Å². The average molecular weight is 376 g/mol. The van der Waals surface area contributed by atoms with Gasteiger partial charge in [-0.25, -0.2) is 0 Å². The highest BCUT2D eigenvalue weighted by Gasteiger charge is 2.32. The zero-order chi connectivity index (χ0) is 19.2. The van der Waals surface area contributed by atoms with Gasteiger partial charge in [0.05, 0.1) is 13.2 Å². The van der Waals surface area contributed by atoms with Crippen molar-refractivity contribution >= 4 is 5.91 Å². The van der Waals surface area contributed by atoms with E-state index in [2.05, 4.69) is 35.2 Å². The molecule has 28 heavy (non-hydrogen) atoms. The average Bonchev–Trinajstić information content (AvgIpc) is 2.89. The van der Waals surface area contributed by atoms with Gasteiger partial charge in [-0.1, -0.05) is 66.7 Å². The van der Waals surface area contributed by atoms with Gasteiger partial charge in [0.25, 0.3) is 0 Å². The van der Waals surface area contributed by atoms with Crippen LogP contribution in [0.1, 0.15) is 36.8 Å². The third-order valence-electron chi connectivity index (χ3n) is 6.01. The summed E-state index contributed by atoms with van der Waals surface area (Å²) in [7, 11) is 0. The third kappa shape index (κ3) is 4.90. The molecule has 4 rings (SSSR count). The molecule has 1 heterocycles. The van der Waals surface area contributed by atoms with Gasteiger partial charge in [0, 0.05) is 19.5 Å². The van der Waals surface area contributed by atoms with E-state index in [1.165, 1.54) is 16.7 Å². The number of hydrogen-bond donors (Lipinski definition) is 0. The Bertz CT molecular complexity index is 800. The molecule has 1 fully saturated rings. The molecule has 2 unspecified atom stereocenters. The summed E-state index contributed by atoms with van der Waals surface area (Å²) >= 11 is 0. The van der Waals surface area contributed by atoms with Crippen LogP contribution < -0.4 is 0 Å². The predicted octanol–water partition coefficient (Wildman–Crippen LogP) is 4.98. The van der Waals surface area contributed by atoms with Gasteiger partial charge in [-0.15, -0.1) is 0 Å². The number of rotatable bonds is 6. The summed E-state index contributed by atoms with van der Waals surface area (Å²) in [6, 6.07) is 20.7. The number of allylic oxidation sites excluding steroid dienone is 1. The quantitative estimate of drug-likeness (QED) is 0.667. The van der Waals surface area contributed by atoms with Gasteiger partial charge in [-0.2, -0.15) is 0 Å². The van der Waals surface area contributed by atoms with Crippen LogP contribution in [0.3, 0.4) is 0 Å². The molecule has 3 heteroatoms. The first kappa shape index (κ1) is 18.9. The molecule has 0 radical (unpaired) electrons. The summed E-state index contributed by atoms with van der Waals surface area (Å²) in [5.74, 6) is 1.38. The molecule has 1 aliphatic carbocycles. The largest absolute Gasteiger partial charge is 0.372 e. The minimum Gasteiger partial charge on any atom is -0.372 e. The summed E-state index contributed by atoms with van der Waals surface area (Å²) in [4.78, 5) is 14.7. The molecule has 2 aliphatic rings. The Balaban J connectivity index is 1.34. The van der Waals surface area contributed by atoms with Crippen LogP contribution in [-0.2, 0) is 22.7 Å². The maximum Gasteiger partial charge on any atom is 0.222 e. The van der Waals surface area contributed by atoms with E-state index in [4.69, 9.17) is 4.74 Å². The van der Waals surface area contributed by atoms with Crippen molar-refractivity contribution < 1.29 is 9.53 Å². The zero-order valence-electron chi connectivity index (χ0n) is 16.4. The van der Waals surface area contributed by atoms with Crippen LogP contribution in [-0.4, -0.2) is 24.0 Å². The Morgan fingerprint density at radius 1 is 0.857 bits per heavy atom. The molecule has 1 amide bonds. The second-order valence-corrected chi connectivity index (χ2v) is 8.06. The first-order chi connectivity index (χ1) is 13.8. The van der Waals surface area contributed by atoms with Gasteiger partial charge in [-0.05, 0) is 47.8 Å². The maximum atomic E-state index is 12.7. The van der Waals surface area contributed by atoms with Crippen molar-refractivity contribution in [3.63, 3.8) is 0 Å². The smallest absolute Gasteiger partial charge is 0.222 e. The van der Waals surface area contributed by atoms with Crippen molar-refractivity contribution in [2.75, 3.05) is 13.2 Å². The minimum atomic E-state index is 0.300. The summed E-state index contributed by atoms with van der Waals surface area (Å²) in [6.45, 7) is 2.99. The van der Waals surface area contributed by atoms with Crippen LogP contribution >= 0.6 is 0 Å². The monoisotopic (exact) mass is 375 g/mol. The molecule has 2 aromatic rings. The fourth-order valence-electron chi connectivity index (χ4n) is 4.44. The Morgan fingerprint density at radius 3 is 2.32 bits per heavy atom. The SMILES string of the molecule is O=C1CCC2C=C(COCc3ccccc3)CCC2CN1Cc1ccccc1. The maximum absolute atomic E-state index is 12.7. The first-order valence-corrected chi connectivity index (χ1v) is 10.4. The Hall–Kier alpha value is -2.39. The van der Waals surface area contributed by atoms with Gasteiger partial charge >= 0.3 is 0 Å². The lowest BCUT2D eigenvalue weighted by molar-refractivity contribution is -0.131. The fraction of sp³-hybridized carbons (Fsp3) is 0.400. The van der Waals surface area contributed by atoms with E-state index < -0.39 is 0 Å². The number of fused-ring (bicyclic) bond motifs is 1. The normalized spacial score (nSPS) is 22.4. The second kappa shape index (κ2) is 9.20. The van der Waals surface area contributed by atoms with Gasteiger partial charge in [-0.3, -0.25) is 4.79 Å². The highest BCUT2D eigenvalue weighted by atomic mass is 16.5. The second-order valence-electron chi connectivity index (χ2n) is 8.06. The molecule has 0 bridgehead atoms. The van der Waals surface area contributed by atoms with Gasteiger partial charge in [0.15, 0.2) is 0 Å². The highest BCUT2D eigenvalue weighted by Crippen LogP contribution is 2.35. The van der Waals surface area contributed by atoms with Crippen LogP contribution in [0.4, 0.5) is 0 Å². The Morgan fingerprint density at radius 2 is 1.57 bits per heavy atom. The Labute approximate surface area is 168 Å². The number of likely N-dealkylation sites (tertiary alicyclic amines) is 1. The van der Waals surface area contributed by atoms with Crippen molar-refractivity contribution in [1.29, 1.82) is 0 Å². The number of carbonyl (C=O) groups excluding carboxylic acids is 1. The van der Waals surface area contributed by atoms with E-state index in [0.29, 0.717) is 37.4 Å². The standard InChI is InChI=1S/C25H29NO2/c27-25-14-13-23-15-22(19-28-18-21-9-5-2-6-10-21)11-12-24(23)17-26(25)16-20-7-3-1-4-8-20/h1-10,15,23-24H,11-14,16-19H2. The first-order valence-electron chi connectivity index (χ1n) is 10.4. The lowest BCUT2D eigenvalue weighted by atomic mass is 9.79. The fourth-order valence-corrected chi connectivity index (χ4v) is 4.44. The van der Waals surface area contributed by atoms with Crippen molar-refractivity contribution in [2.24, 2.45) is 11.8 Å². The number of hydrogen-bond acceptors (Lipinski definition) is 2. The summed E-state index contributed by atoms with van der Waals surface area (Å²) in [6.07, 6.45) is 6.28. The van der Waals surface area contributed by atoms with Gasteiger partial charge in [0.2, 0.25) is 5.91 Å². The zero-order valence-corrected chi connectivity index (χ0v) is 16.4. The van der Waals surface area contributed by atoms with E-state index in [1.807, 2.05) is 36.4 Å². The molecular formula is C25H29NO2. The van der Waals surface area contributed by atoms with E-state index in [-0.39, 0.29) is 0 Å².